The number of pyridine rings is 1. The van der Waals surface area contributed by atoms with Crippen LogP contribution in [-0.4, -0.2) is 17.1 Å². The highest BCUT2D eigenvalue weighted by Crippen LogP contribution is 2.30. The predicted molar refractivity (Wildman–Crippen MR) is 80.7 cm³/mol. The van der Waals surface area contributed by atoms with Gasteiger partial charge in [-0.2, -0.15) is 0 Å². The van der Waals surface area contributed by atoms with Gasteiger partial charge in [-0.1, -0.05) is 19.9 Å². The summed E-state index contributed by atoms with van der Waals surface area (Å²) in [7, 11) is 0. The zero-order valence-electron chi connectivity index (χ0n) is 12.6. The van der Waals surface area contributed by atoms with Gasteiger partial charge in [0.2, 0.25) is 5.88 Å². The second-order valence-corrected chi connectivity index (χ2v) is 6.82. The van der Waals surface area contributed by atoms with E-state index in [1.165, 1.54) is 24.8 Å². The van der Waals surface area contributed by atoms with E-state index in [1.807, 2.05) is 12.3 Å². The maximum Gasteiger partial charge on any atom is 0.213 e. The molecular weight excluding hydrogens is 248 g/mol. The van der Waals surface area contributed by atoms with E-state index in [2.05, 4.69) is 30.2 Å². The highest BCUT2D eigenvalue weighted by atomic mass is 16.5. The zero-order valence-corrected chi connectivity index (χ0v) is 12.6. The van der Waals surface area contributed by atoms with Gasteiger partial charge in [0.25, 0.3) is 0 Å². The molecule has 2 saturated carbocycles. The first-order chi connectivity index (χ1) is 9.69. The van der Waals surface area contributed by atoms with Crippen molar-refractivity contribution in [2.75, 3.05) is 0 Å². The minimum atomic E-state index is 0.344. The quantitative estimate of drug-likeness (QED) is 0.892. The van der Waals surface area contributed by atoms with Crippen molar-refractivity contribution in [3.8, 4) is 5.88 Å². The van der Waals surface area contributed by atoms with E-state index in [4.69, 9.17) is 4.74 Å². The topological polar surface area (TPSA) is 34.1 Å². The summed E-state index contributed by atoms with van der Waals surface area (Å²) < 4.78 is 6.06. The third kappa shape index (κ3) is 3.95. The van der Waals surface area contributed by atoms with Crippen LogP contribution in [0.3, 0.4) is 0 Å². The van der Waals surface area contributed by atoms with Crippen molar-refractivity contribution in [2.45, 2.75) is 64.6 Å². The number of ether oxygens (including phenoxy) is 1. The summed E-state index contributed by atoms with van der Waals surface area (Å²) in [5.41, 5.74) is 1.25. The van der Waals surface area contributed by atoms with Crippen LogP contribution in [0.4, 0.5) is 0 Å². The molecule has 1 heterocycles. The van der Waals surface area contributed by atoms with Crippen molar-refractivity contribution in [3.63, 3.8) is 0 Å². The lowest BCUT2D eigenvalue weighted by atomic mass is 9.82. The molecular formula is C17H26N2O. The molecule has 0 bridgehead atoms. The molecule has 0 amide bonds. The SMILES string of the molecule is CC1CC(C)CC(Oc2ccc(CNC3CC3)cn2)C1. The Hall–Kier alpha value is -1.09. The molecule has 1 aromatic heterocycles. The monoisotopic (exact) mass is 274 g/mol. The van der Waals surface area contributed by atoms with Gasteiger partial charge in [-0.05, 0) is 49.5 Å². The van der Waals surface area contributed by atoms with Gasteiger partial charge in [-0.25, -0.2) is 4.98 Å². The van der Waals surface area contributed by atoms with E-state index in [0.717, 1.165) is 43.1 Å². The molecule has 1 aromatic rings. The van der Waals surface area contributed by atoms with Gasteiger partial charge >= 0.3 is 0 Å². The summed E-state index contributed by atoms with van der Waals surface area (Å²) in [6.45, 7) is 5.58. The third-order valence-electron chi connectivity index (χ3n) is 4.39. The molecule has 0 saturated heterocycles. The first-order valence-corrected chi connectivity index (χ1v) is 8.04. The van der Waals surface area contributed by atoms with Crippen LogP contribution in [0, 0.1) is 11.8 Å². The summed E-state index contributed by atoms with van der Waals surface area (Å²) in [6, 6.07) is 4.90. The summed E-state index contributed by atoms with van der Waals surface area (Å²) in [5.74, 6) is 2.32. The lowest BCUT2D eigenvalue weighted by Gasteiger charge is -2.31. The first kappa shape index (κ1) is 13.9. The van der Waals surface area contributed by atoms with Gasteiger partial charge in [0.05, 0.1) is 0 Å². The van der Waals surface area contributed by atoms with Crippen LogP contribution in [0.1, 0.15) is 51.5 Å². The highest BCUT2D eigenvalue weighted by molar-refractivity contribution is 5.18. The summed E-state index contributed by atoms with van der Waals surface area (Å²) in [4.78, 5) is 4.46. The third-order valence-corrected chi connectivity index (χ3v) is 4.39. The molecule has 0 spiro atoms. The molecule has 0 aliphatic heterocycles. The summed E-state index contributed by atoms with van der Waals surface area (Å²) in [6.07, 6.45) is 8.60. The molecule has 2 unspecified atom stereocenters. The maximum atomic E-state index is 6.06. The second-order valence-electron chi connectivity index (χ2n) is 6.82. The zero-order chi connectivity index (χ0) is 13.9. The van der Waals surface area contributed by atoms with Crippen LogP contribution >= 0.6 is 0 Å². The Labute approximate surface area is 122 Å². The van der Waals surface area contributed by atoms with E-state index in [-0.39, 0.29) is 0 Å². The van der Waals surface area contributed by atoms with Crippen LogP contribution in [0.2, 0.25) is 0 Å². The Morgan fingerprint density at radius 3 is 2.50 bits per heavy atom. The average molecular weight is 274 g/mol. The van der Waals surface area contributed by atoms with Crippen molar-refractivity contribution in [3.05, 3.63) is 23.9 Å². The highest BCUT2D eigenvalue weighted by Gasteiger charge is 2.25. The predicted octanol–water partition coefficient (Wildman–Crippen LogP) is 3.54. The number of hydrogen-bond donors (Lipinski definition) is 1. The average Bonchev–Trinajstić information content (AvgIpc) is 3.21. The van der Waals surface area contributed by atoms with Crippen LogP contribution in [0.15, 0.2) is 18.3 Å². The van der Waals surface area contributed by atoms with Crippen molar-refractivity contribution >= 4 is 0 Å². The normalized spacial score (nSPS) is 30.2. The van der Waals surface area contributed by atoms with Crippen LogP contribution in [-0.2, 0) is 6.54 Å². The number of nitrogens with one attached hydrogen (secondary N) is 1. The molecule has 2 fully saturated rings. The molecule has 0 radical (unpaired) electrons. The van der Waals surface area contributed by atoms with Gasteiger partial charge < -0.3 is 10.1 Å². The van der Waals surface area contributed by atoms with E-state index in [0.29, 0.717) is 6.10 Å². The van der Waals surface area contributed by atoms with Crippen LogP contribution in [0.5, 0.6) is 5.88 Å². The molecule has 3 nitrogen and oxygen atoms in total. The van der Waals surface area contributed by atoms with Crippen LogP contribution in [0.25, 0.3) is 0 Å². The molecule has 3 heteroatoms. The van der Waals surface area contributed by atoms with Crippen LogP contribution < -0.4 is 10.1 Å². The second kappa shape index (κ2) is 6.13. The lowest BCUT2D eigenvalue weighted by Crippen LogP contribution is -2.28. The van der Waals surface area contributed by atoms with Crippen molar-refractivity contribution in [2.24, 2.45) is 11.8 Å². The largest absolute Gasteiger partial charge is 0.474 e. The van der Waals surface area contributed by atoms with Gasteiger partial charge in [0, 0.05) is 24.8 Å². The van der Waals surface area contributed by atoms with Crippen molar-refractivity contribution in [1.29, 1.82) is 0 Å². The van der Waals surface area contributed by atoms with E-state index >= 15 is 0 Å². The number of rotatable bonds is 5. The fourth-order valence-corrected chi connectivity index (χ4v) is 3.27. The van der Waals surface area contributed by atoms with Gasteiger partial charge in [-0.3, -0.25) is 0 Å². The fraction of sp³-hybridized carbons (Fsp3) is 0.706. The Bertz CT molecular complexity index is 417. The van der Waals surface area contributed by atoms with Crippen molar-refractivity contribution in [1.82, 2.24) is 10.3 Å². The molecule has 1 N–H and O–H groups in total. The summed E-state index contributed by atoms with van der Waals surface area (Å²) in [5, 5.41) is 3.50. The first-order valence-electron chi connectivity index (χ1n) is 8.04. The summed E-state index contributed by atoms with van der Waals surface area (Å²) >= 11 is 0. The number of aromatic nitrogens is 1. The van der Waals surface area contributed by atoms with E-state index in [9.17, 15) is 0 Å². The van der Waals surface area contributed by atoms with E-state index < -0.39 is 0 Å². The Morgan fingerprint density at radius 1 is 1.15 bits per heavy atom. The molecule has 0 aromatic carbocycles. The molecule has 2 atom stereocenters. The van der Waals surface area contributed by atoms with Crippen molar-refractivity contribution < 1.29 is 4.74 Å². The van der Waals surface area contributed by atoms with Gasteiger partial charge in [-0.15, -0.1) is 0 Å². The fourth-order valence-electron chi connectivity index (χ4n) is 3.27. The Morgan fingerprint density at radius 2 is 1.90 bits per heavy atom. The molecule has 2 aliphatic rings. The molecule has 20 heavy (non-hydrogen) atoms. The minimum absolute atomic E-state index is 0.344. The van der Waals surface area contributed by atoms with Gasteiger partial charge in [0.1, 0.15) is 6.10 Å². The maximum absolute atomic E-state index is 6.06. The molecule has 3 rings (SSSR count). The smallest absolute Gasteiger partial charge is 0.213 e. The number of hydrogen-bond acceptors (Lipinski definition) is 3. The molecule has 110 valence electrons. The minimum Gasteiger partial charge on any atom is -0.474 e. The standard InChI is InChI=1S/C17H26N2O/c1-12-7-13(2)9-16(8-12)20-17-6-3-14(11-19-17)10-18-15-4-5-15/h3,6,11-13,15-16,18H,4-5,7-10H2,1-2H3. The molecule has 2 aliphatic carbocycles. The van der Waals surface area contributed by atoms with Gasteiger partial charge in [0.15, 0.2) is 0 Å². The lowest BCUT2D eigenvalue weighted by molar-refractivity contribution is 0.0967. The number of nitrogens with zero attached hydrogens (tertiary/aromatic N) is 1. The Balaban J connectivity index is 1.51. The van der Waals surface area contributed by atoms with E-state index in [1.54, 1.807) is 0 Å². The Kier molecular flexibility index (Phi) is 4.25.